The number of hydrogen-bond acceptors (Lipinski definition) is 5. The van der Waals surface area contributed by atoms with Crippen molar-refractivity contribution in [2.75, 3.05) is 33.2 Å². The highest BCUT2D eigenvalue weighted by Crippen LogP contribution is 2.50. The van der Waals surface area contributed by atoms with Gasteiger partial charge in [-0.05, 0) is 49.7 Å². The van der Waals surface area contributed by atoms with Crippen LogP contribution in [0.2, 0.25) is 0 Å². The van der Waals surface area contributed by atoms with Crippen molar-refractivity contribution < 1.29 is 14.6 Å². The molecule has 160 valence electrons. The van der Waals surface area contributed by atoms with Crippen LogP contribution >= 0.6 is 0 Å². The first kappa shape index (κ1) is 21.0. The van der Waals surface area contributed by atoms with Gasteiger partial charge < -0.3 is 19.5 Å². The lowest BCUT2D eigenvalue weighted by molar-refractivity contribution is -0.160. The summed E-state index contributed by atoms with van der Waals surface area (Å²) in [6.45, 7) is 3.64. The molecule has 2 unspecified atom stereocenters. The van der Waals surface area contributed by atoms with Crippen LogP contribution in [-0.2, 0) is 10.4 Å². The van der Waals surface area contributed by atoms with E-state index in [2.05, 4.69) is 16.8 Å². The number of piperazine rings is 1. The lowest BCUT2D eigenvalue weighted by atomic mass is 9.63. The Morgan fingerprint density at radius 1 is 0.967 bits per heavy atom. The quantitative estimate of drug-likeness (QED) is 0.737. The number of para-hydroxylation sites is 1. The number of ether oxygens (including phenoxy) is 1. The van der Waals surface area contributed by atoms with Crippen LogP contribution in [0.5, 0.6) is 11.5 Å². The van der Waals surface area contributed by atoms with Crippen LogP contribution in [0.15, 0.2) is 54.6 Å². The highest BCUT2D eigenvalue weighted by Gasteiger charge is 2.56. The van der Waals surface area contributed by atoms with Gasteiger partial charge in [0.15, 0.2) is 0 Å². The van der Waals surface area contributed by atoms with E-state index in [1.54, 1.807) is 0 Å². The SMILES string of the molecule is CN1CCN(C2(CC=O)CCCCC2(O)c2cccc(Oc3ccccc3)c2)CC1. The molecule has 0 spiro atoms. The molecule has 1 saturated carbocycles. The molecule has 1 aliphatic heterocycles. The van der Waals surface area contributed by atoms with Crippen LogP contribution < -0.4 is 4.74 Å². The van der Waals surface area contributed by atoms with Gasteiger partial charge in [-0.3, -0.25) is 4.90 Å². The fraction of sp³-hybridized carbons (Fsp3) is 0.480. The lowest BCUT2D eigenvalue weighted by Gasteiger charge is -2.57. The Morgan fingerprint density at radius 3 is 2.40 bits per heavy atom. The van der Waals surface area contributed by atoms with Crippen LogP contribution in [0.4, 0.5) is 0 Å². The summed E-state index contributed by atoms with van der Waals surface area (Å²) in [5.41, 5.74) is -0.811. The van der Waals surface area contributed by atoms with Crippen LogP contribution in [0.3, 0.4) is 0 Å². The molecule has 2 atom stereocenters. The number of aliphatic hydroxyl groups is 1. The number of rotatable bonds is 6. The predicted molar refractivity (Wildman–Crippen MR) is 118 cm³/mol. The van der Waals surface area contributed by atoms with Gasteiger partial charge in [0.2, 0.25) is 0 Å². The summed E-state index contributed by atoms with van der Waals surface area (Å²) in [7, 11) is 2.13. The first-order valence-corrected chi connectivity index (χ1v) is 11.0. The molecule has 1 saturated heterocycles. The summed E-state index contributed by atoms with van der Waals surface area (Å²) in [5, 5.41) is 12.2. The number of carbonyl (C=O) groups is 1. The zero-order valence-electron chi connectivity index (χ0n) is 17.8. The Bertz CT molecular complexity index is 850. The van der Waals surface area contributed by atoms with Gasteiger partial charge in [0.25, 0.3) is 0 Å². The van der Waals surface area contributed by atoms with Crippen LogP contribution in [0.1, 0.15) is 37.7 Å². The normalized spacial score (nSPS) is 28.2. The van der Waals surface area contributed by atoms with Gasteiger partial charge in [-0.1, -0.05) is 43.2 Å². The first-order valence-electron chi connectivity index (χ1n) is 11.0. The maximum absolute atomic E-state index is 12.2. The average molecular weight is 409 g/mol. The van der Waals surface area contributed by atoms with Crippen molar-refractivity contribution in [2.24, 2.45) is 0 Å². The zero-order chi connectivity index (χ0) is 21.0. The Morgan fingerprint density at radius 2 is 1.67 bits per heavy atom. The van der Waals surface area contributed by atoms with Gasteiger partial charge in [0.1, 0.15) is 23.4 Å². The number of carbonyl (C=O) groups excluding carboxylic acids is 1. The van der Waals surface area contributed by atoms with E-state index in [0.717, 1.165) is 63.0 Å². The van der Waals surface area contributed by atoms with Gasteiger partial charge in [0, 0.05) is 32.6 Å². The smallest absolute Gasteiger partial charge is 0.127 e. The summed E-state index contributed by atoms with van der Waals surface area (Å²) >= 11 is 0. The van der Waals surface area contributed by atoms with Gasteiger partial charge in [-0.15, -0.1) is 0 Å². The van der Waals surface area contributed by atoms with Crippen molar-refractivity contribution in [2.45, 2.75) is 43.2 Å². The van der Waals surface area contributed by atoms with Gasteiger partial charge in [0.05, 0.1) is 5.54 Å². The summed E-state index contributed by atoms with van der Waals surface area (Å²) in [6, 6.07) is 17.5. The van der Waals surface area contributed by atoms with Crippen LogP contribution in [0, 0.1) is 0 Å². The molecular formula is C25H32N2O3. The molecule has 1 heterocycles. The third-order valence-corrected chi connectivity index (χ3v) is 6.97. The van der Waals surface area contributed by atoms with E-state index in [-0.39, 0.29) is 0 Å². The summed E-state index contributed by atoms with van der Waals surface area (Å²) in [5.74, 6) is 1.47. The minimum absolute atomic E-state index is 0.344. The number of hydrogen-bond donors (Lipinski definition) is 1. The third kappa shape index (κ3) is 3.89. The van der Waals surface area contributed by atoms with Gasteiger partial charge in [-0.25, -0.2) is 0 Å². The molecule has 0 bridgehead atoms. The van der Waals surface area contributed by atoms with Crippen molar-refractivity contribution in [3.05, 3.63) is 60.2 Å². The molecule has 0 radical (unpaired) electrons. The van der Waals surface area contributed by atoms with Gasteiger partial charge in [-0.2, -0.15) is 0 Å². The van der Waals surface area contributed by atoms with E-state index >= 15 is 0 Å². The predicted octanol–water partition coefficient (Wildman–Crippen LogP) is 3.82. The highest BCUT2D eigenvalue weighted by atomic mass is 16.5. The molecule has 5 heteroatoms. The molecule has 30 heavy (non-hydrogen) atoms. The molecular weight excluding hydrogens is 376 g/mol. The second-order valence-electron chi connectivity index (χ2n) is 8.70. The molecule has 4 rings (SSSR count). The molecule has 5 nitrogen and oxygen atoms in total. The fourth-order valence-electron chi connectivity index (χ4n) is 5.28. The molecule has 1 aliphatic carbocycles. The van der Waals surface area contributed by atoms with Crippen molar-refractivity contribution in [3.63, 3.8) is 0 Å². The number of aldehydes is 1. The zero-order valence-corrected chi connectivity index (χ0v) is 17.8. The summed E-state index contributed by atoms with van der Waals surface area (Å²) in [6.07, 6.45) is 4.81. The Hall–Kier alpha value is -2.21. The first-order chi connectivity index (χ1) is 14.6. The van der Waals surface area contributed by atoms with E-state index in [9.17, 15) is 9.90 Å². The molecule has 2 fully saturated rings. The lowest BCUT2D eigenvalue weighted by Crippen LogP contribution is -2.67. The van der Waals surface area contributed by atoms with E-state index in [1.807, 2.05) is 54.6 Å². The second kappa shape index (κ2) is 8.88. The molecule has 2 aromatic carbocycles. The monoisotopic (exact) mass is 408 g/mol. The van der Waals surface area contributed by atoms with Crippen molar-refractivity contribution in [3.8, 4) is 11.5 Å². The summed E-state index contributed by atoms with van der Waals surface area (Å²) < 4.78 is 6.04. The number of benzene rings is 2. The second-order valence-corrected chi connectivity index (χ2v) is 8.70. The highest BCUT2D eigenvalue weighted by molar-refractivity contribution is 5.54. The van der Waals surface area contributed by atoms with E-state index in [1.165, 1.54) is 0 Å². The van der Waals surface area contributed by atoms with Crippen LogP contribution in [-0.4, -0.2) is 60.0 Å². The van der Waals surface area contributed by atoms with Crippen molar-refractivity contribution >= 4 is 6.29 Å². The summed E-state index contributed by atoms with van der Waals surface area (Å²) in [4.78, 5) is 16.5. The molecule has 2 aromatic rings. The minimum atomic E-state index is -1.09. The van der Waals surface area contributed by atoms with E-state index < -0.39 is 11.1 Å². The topological polar surface area (TPSA) is 53.0 Å². The number of nitrogens with zero attached hydrogens (tertiary/aromatic N) is 2. The minimum Gasteiger partial charge on any atom is -0.457 e. The largest absolute Gasteiger partial charge is 0.457 e. The van der Waals surface area contributed by atoms with Crippen molar-refractivity contribution in [1.29, 1.82) is 0 Å². The third-order valence-electron chi connectivity index (χ3n) is 6.97. The molecule has 2 aliphatic rings. The Kier molecular flexibility index (Phi) is 6.23. The maximum Gasteiger partial charge on any atom is 0.127 e. The fourth-order valence-corrected chi connectivity index (χ4v) is 5.28. The molecule has 0 amide bonds. The Balaban J connectivity index is 1.70. The van der Waals surface area contributed by atoms with E-state index in [0.29, 0.717) is 18.6 Å². The molecule has 0 aromatic heterocycles. The van der Waals surface area contributed by atoms with Crippen molar-refractivity contribution in [1.82, 2.24) is 9.80 Å². The number of likely N-dealkylation sites (N-methyl/N-ethyl adjacent to an activating group) is 1. The maximum atomic E-state index is 12.2. The Labute approximate surface area is 179 Å². The van der Waals surface area contributed by atoms with Gasteiger partial charge >= 0.3 is 0 Å². The standard InChI is InChI=1S/C25H32N2O3/c1-26-15-17-27(18-16-26)24(14-19-28)12-5-6-13-25(24,29)21-8-7-11-23(20-21)30-22-9-3-2-4-10-22/h2-4,7-11,19-20,29H,5-6,12-18H2,1H3. The average Bonchev–Trinajstić information content (AvgIpc) is 2.77. The van der Waals surface area contributed by atoms with E-state index in [4.69, 9.17) is 4.74 Å². The molecule has 1 N–H and O–H groups in total. The van der Waals surface area contributed by atoms with Crippen LogP contribution in [0.25, 0.3) is 0 Å².